The maximum absolute atomic E-state index is 12.5. The highest BCUT2D eigenvalue weighted by Gasteiger charge is 2.28. The van der Waals surface area contributed by atoms with E-state index in [1.165, 1.54) is 7.11 Å². The second-order valence-electron chi connectivity index (χ2n) is 4.81. The first-order valence-corrected chi connectivity index (χ1v) is 9.84. The molecule has 2 N–H and O–H groups in total. The monoisotopic (exact) mass is 327 g/mol. The molecule has 2 rings (SSSR count). The number of anilines is 1. The van der Waals surface area contributed by atoms with E-state index in [1.54, 1.807) is 0 Å². The van der Waals surface area contributed by atoms with E-state index < -0.39 is 6.80 Å². The van der Waals surface area contributed by atoms with Crippen LogP contribution in [0.5, 0.6) is 0 Å². The number of nitrogen functional groups attached to an aromatic ring is 1. The molecule has 2 radical (unpaired) electrons. The summed E-state index contributed by atoms with van der Waals surface area (Å²) in [5.41, 5.74) is 7.34. The van der Waals surface area contributed by atoms with Crippen LogP contribution in [0.2, 0.25) is 0 Å². The lowest BCUT2D eigenvalue weighted by molar-refractivity contribution is 0.0481. The zero-order valence-electron chi connectivity index (χ0n) is 11.9. The molecule has 1 aromatic rings. The van der Waals surface area contributed by atoms with Crippen molar-refractivity contribution >= 4 is 31.7 Å². The highest BCUT2D eigenvalue weighted by Crippen LogP contribution is 2.61. The van der Waals surface area contributed by atoms with Gasteiger partial charge in [-0.15, -0.1) is 0 Å². The van der Waals surface area contributed by atoms with Gasteiger partial charge in [0.15, 0.2) is 0 Å². The lowest BCUT2D eigenvalue weighted by Gasteiger charge is -2.18. The largest absolute Gasteiger partial charge is 0.399 e. The number of benzene rings is 1. The predicted molar refractivity (Wildman–Crippen MR) is 86.4 cm³/mol. The van der Waals surface area contributed by atoms with E-state index in [9.17, 15) is 4.57 Å². The van der Waals surface area contributed by atoms with E-state index in [0.29, 0.717) is 11.4 Å². The number of nitrogens with two attached hydrogens (primary N) is 1. The van der Waals surface area contributed by atoms with Gasteiger partial charge in [0.05, 0.1) is 12.7 Å². The van der Waals surface area contributed by atoms with Crippen LogP contribution in [-0.4, -0.2) is 33.7 Å². The molecule has 0 saturated carbocycles. The van der Waals surface area contributed by atoms with Gasteiger partial charge in [0.1, 0.15) is 7.85 Å². The van der Waals surface area contributed by atoms with Crippen LogP contribution in [0.4, 0.5) is 5.69 Å². The summed E-state index contributed by atoms with van der Waals surface area (Å²) in [7, 11) is 7.04. The first kappa shape index (κ1) is 16.9. The molecule has 1 aromatic carbocycles. The molecule has 114 valence electrons. The fourth-order valence-electron chi connectivity index (χ4n) is 1.94. The van der Waals surface area contributed by atoms with Crippen molar-refractivity contribution in [1.29, 1.82) is 0 Å². The minimum absolute atomic E-state index is 0.111. The fraction of sp³-hybridized carbons (Fsp3) is 0.538. The Morgan fingerprint density at radius 2 is 2.14 bits per heavy atom. The Morgan fingerprint density at radius 1 is 1.43 bits per heavy atom. The summed E-state index contributed by atoms with van der Waals surface area (Å²) in [6.07, 6.45) is 1.50. The minimum Gasteiger partial charge on any atom is -0.399 e. The Balaban J connectivity index is 1.82. The SMILES string of the molecule is [B][C@H]1CC[C@@H](COP(=O)(OC)SCc2ccc(N)cc2)O1. The third-order valence-corrected chi connectivity index (χ3v) is 6.94. The fourth-order valence-corrected chi connectivity index (χ4v) is 4.72. The molecule has 0 amide bonds. The summed E-state index contributed by atoms with van der Waals surface area (Å²) >= 11 is 1.15. The van der Waals surface area contributed by atoms with Crippen LogP contribution in [0.15, 0.2) is 24.3 Å². The van der Waals surface area contributed by atoms with Gasteiger partial charge in [-0.3, -0.25) is 4.52 Å². The van der Waals surface area contributed by atoms with E-state index in [1.807, 2.05) is 24.3 Å². The van der Waals surface area contributed by atoms with Gasteiger partial charge in [-0.25, -0.2) is 4.57 Å². The van der Waals surface area contributed by atoms with Crippen LogP contribution in [-0.2, 0) is 24.1 Å². The number of ether oxygens (including phenoxy) is 1. The standard InChI is InChI=1S/C13H19BNO4PS/c1-17-20(16,18-8-12-6-7-13(14)19-12)21-9-10-2-4-11(15)5-3-10/h2-5,12-13H,6-9,15H2,1H3/t12-,13+,20?/m0/s1. The van der Waals surface area contributed by atoms with E-state index in [2.05, 4.69) is 0 Å². The van der Waals surface area contributed by atoms with Crippen LogP contribution < -0.4 is 5.73 Å². The molecule has 5 nitrogen and oxygen atoms in total. The zero-order chi connectivity index (χ0) is 15.3. The lowest BCUT2D eigenvalue weighted by Crippen LogP contribution is -2.16. The number of rotatable bonds is 7. The van der Waals surface area contributed by atoms with Crippen molar-refractivity contribution in [1.82, 2.24) is 0 Å². The summed E-state index contributed by atoms with van der Waals surface area (Å²) in [5.74, 6) is 0.524. The van der Waals surface area contributed by atoms with Gasteiger partial charge in [-0.1, -0.05) is 12.1 Å². The maximum atomic E-state index is 12.5. The molecular formula is C13H19BNO4PS. The van der Waals surface area contributed by atoms with E-state index >= 15 is 0 Å². The van der Waals surface area contributed by atoms with Crippen molar-refractivity contribution in [3.8, 4) is 0 Å². The third kappa shape index (κ3) is 5.35. The number of hydrogen-bond donors (Lipinski definition) is 1. The second kappa shape index (κ2) is 7.70. The highest BCUT2D eigenvalue weighted by molar-refractivity contribution is 8.54. The summed E-state index contributed by atoms with van der Waals surface area (Å²) in [6.45, 7) is -2.96. The van der Waals surface area contributed by atoms with Crippen molar-refractivity contribution in [3.05, 3.63) is 29.8 Å². The summed E-state index contributed by atoms with van der Waals surface area (Å²) < 4.78 is 28.4. The molecule has 1 fully saturated rings. The normalized spacial score (nSPS) is 24.8. The smallest absolute Gasteiger partial charge is 0.389 e. The van der Waals surface area contributed by atoms with Crippen LogP contribution in [0.1, 0.15) is 18.4 Å². The van der Waals surface area contributed by atoms with Gasteiger partial charge in [0.2, 0.25) is 0 Å². The summed E-state index contributed by atoms with van der Waals surface area (Å²) in [6, 6.07) is 7.15. The Labute approximate surface area is 130 Å². The molecule has 1 saturated heterocycles. The Morgan fingerprint density at radius 3 is 2.71 bits per heavy atom. The molecular weight excluding hydrogens is 308 g/mol. The molecule has 1 aliphatic rings. The predicted octanol–water partition coefficient (Wildman–Crippen LogP) is 2.95. The average molecular weight is 327 g/mol. The average Bonchev–Trinajstić information content (AvgIpc) is 2.90. The highest BCUT2D eigenvalue weighted by atomic mass is 32.7. The molecule has 0 bridgehead atoms. The molecule has 21 heavy (non-hydrogen) atoms. The summed E-state index contributed by atoms with van der Waals surface area (Å²) in [5, 5.41) is 0. The van der Waals surface area contributed by atoms with Crippen LogP contribution in [0.3, 0.4) is 0 Å². The molecule has 1 heterocycles. The minimum atomic E-state index is -3.19. The van der Waals surface area contributed by atoms with Crippen molar-refractivity contribution in [2.24, 2.45) is 0 Å². The third-order valence-electron chi connectivity index (χ3n) is 3.15. The topological polar surface area (TPSA) is 70.8 Å². The van der Waals surface area contributed by atoms with E-state index in [-0.39, 0.29) is 18.7 Å². The molecule has 1 aliphatic heterocycles. The first-order valence-electron chi connectivity index (χ1n) is 6.71. The van der Waals surface area contributed by atoms with Gasteiger partial charge in [0.25, 0.3) is 0 Å². The zero-order valence-corrected chi connectivity index (χ0v) is 13.6. The van der Waals surface area contributed by atoms with Gasteiger partial charge in [-0.2, -0.15) is 0 Å². The second-order valence-corrected chi connectivity index (χ2v) is 9.00. The molecule has 0 spiro atoms. The molecule has 3 atom stereocenters. The maximum Gasteiger partial charge on any atom is 0.389 e. The first-order chi connectivity index (χ1) is 10.0. The van der Waals surface area contributed by atoms with Crippen LogP contribution in [0, 0.1) is 0 Å². The van der Waals surface area contributed by atoms with Crippen molar-refractivity contribution < 1.29 is 18.3 Å². The Bertz CT molecular complexity index is 501. The van der Waals surface area contributed by atoms with Gasteiger partial charge in [-0.05, 0) is 41.9 Å². The quantitative estimate of drug-likeness (QED) is 0.472. The van der Waals surface area contributed by atoms with Gasteiger partial charge < -0.3 is 15.0 Å². The Hall–Kier alpha value is -0.455. The molecule has 0 aliphatic carbocycles. The van der Waals surface area contributed by atoms with Crippen molar-refractivity contribution in [2.75, 3.05) is 19.5 Å². The van der Waals surface area contributed by atoms with Crippen molar-refractivity contribution in [3.63, 3.8) is 0 Å². The van der Waals surface area contributed by atoms with Crippen LogP contribution in [0.25, 0.3) is 0 Å². The molecule has 8 heteroatoms. The lowest BCUT2D eigenvalue weighted by atomic mass is 9.97. The van der Waals surface area contributed by atoms with Gasteiger partial charge >= 0.3 is 6.80 Å². The Kier molecular flexibility index (Phi) is 6.20. The van der Waals surface area contributed by atoms with Crippen LogP contribution >= 0.6 is 18.2 Å². The molecule has 0 aromatic heterocycles. The van der Waals surface area contributed by atoms with E-state index in [0.717, 1.165) is 29.8 Å². The van der Waals surface area contributed by atoms with Gasteiger partial charge in [0, 0.05) is 24.6 Å². The van der Waals surface area contributed by atoms with Crippen molar-refractivity contribution in [2.45, 2.75) is 30.7 Å². The number of hydrogen-bond acceptors (Lipinski definition) is 6. The van der Waals surface area contributed by atoms with E-state index in [4.69, 9.17) is 27.4 Å². The molecule has 1 unspecified atom stereocenters. The summed E-state index contributed by atoms with van der Waals surface area (Å²) in [4.78, 5) is 0.